The number of hydrogen-bond donors (Lipinski definition) is 0. The van der Waals surface area contributed by atoms with E-state index in [1.165, 1.54) is 0 Å². The smallest absolute Gasteiger partial charge is 0.341 e. The first-order valence-electron chi connectivity index (χ1n) is 21.1. The van der Waals surface area contributed by atoms with Gasteiger partial charge in [-0.1, -0.05) is 77.0 Å². The maximum Gasteiger partial charge on any atom is 0.365 e. The number of nitrogens with zero attached hydrogens (tertiary/aromatic N) is 4. The fourth-order valence-electron chi connectivity index (χ4n) is 8.34. The summed E-state index contributed by atoms with van der Waals surface area (Å²) in [6.45, 7) is 9.14. The summed E-state index contributed by atoms with van der Waals surface area (Å²) in [6, 6.07) is 47.5. The Morgan fingerprint density at radius 3 is 1.06 bits per heavy atom. The summed E-state index contributed by atoms with van der Waals surface area (Å²) in [5.41, 5.74) is 9.11. The Morgan fingerprint density at radius 1 is 0.391 bits per heavy atom. The number of hydrogen-bond acceptors (Lipinski definition) is 8. The second kappa shape index (κ2) is 17.3. The third-order valence-electron chi connectivity index (χ3n) is 11.7. The molecule has 2 heterocycles. The van der Waals surface area contributed by atoms with Gasteiger partial charge in [0.25, 0.3) is 0 Å². The van der Waals surface area contributed by atoms with Crippen molar-refractivity contribution in [3.05, 3.63) is 202 Å². The predicted molar refractivity (Wildman–Crippen MR) is 252 cm³/mol. The van der Waals surface area contributed by atoms with Crippen LogP contribution < -0.4 is 0 Å². The molecule has 0 bridgehead atoms. The van der Waals surface area contributed by atoms with Crippen LogP contribution in [0.25, 0.3) is 43.6 Å². The molecule has 0 aliphatic heterocycles. The van der Waals surface area contributed by atoms with Crippen LogP contribution in [0.1, 0.15) is 91.4 Å². The molecule has 0 aliphatic rings. The molecule has 0 fully saturated rings. The number of fused-ring (bicyclic) bond motifs is 6. The van der Waals surface area contributed by atoms with Crippen LogP contribution in [-0.4, -0.2) is 44.1 Å². The summed E-state index contributed by atoms with van der Waals surface area (Å²) in [5.74, 6) is -1.51. The number of aromatic nitrogens is 2. The lowest BCUT2D eigenvalue weighted by molar-refractivity contribution is 0.0508. The minimum atomic E-state index is -0.544. The van der Waals surface area contributed by atoms with Gasteiger partial charge in [0.1, 0.15) is 0 Å². The highest BCUT2D eigenvalue weighted by Gasteiger charge is 2.20. The van der Waals surface area contributed by atoms with Crippen molar-refractivity contribution < 1.29 is 28.9 Å². The number of aryl methyl sites for hydroxylation is 2. The highest BCUT2D eigenvalue weighted by Crippen LogP contribution is 2.34. The first-order chi connectivity index (χ1) is 31.1. The second-order valence-corrected chi connectivity index (χ2v) is 15.5. The average molecular weight is 843 g/mol. The molecular formula is C54H42N4O6. The minimum Gasteiger partial charge on any atom is -0.341 e. The van der Waals surface area contributed by atoms with E-state index in [1.54, 1.807) is 86.6 Å². The van der Waals surface area contributed by atoms with Crippen LogP contribution in [0, 0.1) is 0 Å². The Hall–Kier alpha value is -8.24. The Bertz CT molecular complexity index is 3170. The van der Waals surface area contributed by atoms with Gasteiger partial charge in [-0.05, 0) is 130 Å². The third-order valence-corrected chi connectivity index (χ3v) is 11.7. The van der Waals surface area contributed by atoms with Crippen molar-refractivity contribution in [2.75, 3.05) is 0 Å². The standard InChI is InChI=1S/C54H42N4O6/c1-5-57-47-24-20-37(33(3)55-63-53(61)35-14-9-7-10-15-35)29-43(47)45-31-41(22-26-49(45)57)51(59)39-18-13-19-40(28-39)52(60)42-23-27-50-46(32-42)44-30-38(21-25-48(44)58(50)6-2)34(4)56-64-54(62)36-16-11-8-12-17-36/h7-32H,5-6H2,1-4H3/b55-33+,56-34+. The normalized spacial score (nSPS) is 12.0. The van der Waals surface area contributed by atoms with Crippen molar-refractivity contribution in [3.63, 3.8) is 0 Å². The van der Waals surface area contributed by atoms with E-state index < -0.39 is 11.9 Å². The van der Waals surface area contributed by atoms with Gasteiger partial charge in [-0.25, -0.2) is 9.59 Å². The molecule has 0 unspecified atom stereocenters. The molecule has 10 heteroatoms. The number of carbonyl (C=O) groups excluding carboxylic acids is 4. The van der Waals surface area contributed by atoms with E-state index in [1.807, 2.05) is 84.9 Å². The average Bonchev–Trinajstić information content (AvgIpc) is 3.84. The van der Waals surface area contributed by atoms with Crippen molar-refractivity contribution in [1.29, 1.82) is 0 Å². The largest absolute Gasteiger partial charge is 0.365 e. The van der Waals surface area contributed by atoms with Crippen LogP contribution in [0.3, 0.4) is 0 Å². The van der Waals surface area contributed by atoms with Crippen molar-refractivity contribution in [2.45, 2.75) is 40.8 Å². The number of ketones is 2. The summed E-state index contributed by atoms with van der Waals surface area (Å²) in [4.78, 5) is 64.1. The molecule has 10 nitrogen and oxygen atoms in total. The van der Waals surface area contributed by atoms with Gasteiger partial charge in [-0.15, -0.1) is 0 Å². The molecule has 2 aromatic heterocycles. The molecule has 0 atom stereocenters. The van der Waals surface area contributed by atoms with Crippen molar-refractivity contribution in [1.82, 2.24) is 9.13 Å². The Labute approximate surface area is 368 Å². The molecule has 0 radical (unpaired) electrons. The van der Waals surface area contributed by atoms with Crippen molar-refractivity contribution in [3.8, 4) is 0 Å². The molecule has 7 aromatic carbocycles. The van der Waals surface area contributed by atoms with E-state index >= 15 is 0 Å². The fourth-order valence-corrected chi connectivity index (χ4v) is 8.34. The number of benzene rings is 7. The van der Waals surface area contributed by atoms with E-state index in [4.69, 9.17) is 9.68 Å². The summed E-state index contributed by atoms with van der Waals surface area (Å²) in [6.07, 6.45) is 0. The fraction of sp³-hybridized carbons (Fsp3) is 0.111. The van der Waals surface area contributed by atoms with Gasteiger partial charge in [0.05, 0.1) is 22.6 Å². The van der Waals surface area contributed by atoms with Crippen LogP contribution in [0.4, 0.5) is 0 Å². The summed E-state index contributed by atoms with van der Waals surface area (Å²) in [7, 11) is 0. The van der Waals surface area contributed by atoms with Crippen molar-refractivity contribution in [2.24, 2.45) is 10.3 Å². The minimum absolute atomic E-state index is 0.212. The second-order valence-electron chi connectivity index (χ2n) is 15.5. The predicted octanol–water partition coefficient (Wildman–Crippen LogP) is 11.6. The lowest BCUT2D eigenvalue weighted by Gasteiger charge is -2.07. The van der Waals surface area contributed by atoms with Crippen LogP contribution in [0.2, 0.25) is 0 Å². The first kappa shape index (κ1) is 41.1. The monoisotopic (exact) mass is 842 g/mol. The molecular weight excluding hydrogens is 801 g/mol. The van der Waals surface area contributed by atoms with Gasteiger partial charge in [-0.2, -0.15) is 0 Å². The van der Waals surface area contributed by atoms with Crippen LogP contribution >= 0.6 is 0 Å². The van der Waals surface area contributed by atoms with Gasteiger partial charge in [0.2, 0.25) is 0 Å². The van der Waals surface area contributed by atoms with E-state index in [2.05, 4.69) is 33.3 Å². The number of oxime groups is 2. The Balaban J connectivity index is 1.000. The molecule has 0 aliphatic carbocycles. The maximum atomic E-state index is 14.2. The van der Waals surface area contributed by atoms with Gasteiger partial charge in [-0.3, -0.25) is 9.59 Å². The molecule has 9 aromatic rings. The van der Waals surface area contributed by atoms with Crippen molar-refractivity contribution >= 4 is 78.5 Å². The van der Waals surface area contributed by atoms with E-state index in [0.29, 0.717) is 57.9 Å². The van der Waals surface area contributed by atoms with Gasteiger partial charge >= 0.3 is 11.9 Å². The molecule has 9 rings (SSSR count). The number of carbonyl (C=O) groups is 4. The van der Waals surface area contributed by atoms with E-state index in [0.717, 1.165) is 54.7 Å². The molecule has 314 valence electrons. The van der Waals surface area contributed by atoms with Gasteiger partial charge in [0, 0.05) is 79.0 Å². The zero-order valence-corrected chi connectivity index (χ0v) is 35.7. The molecule has 64 heavy (non-hydrogen) atoms. The summed E-state index contributed by atoms with van der Waals surface area (Å²) < 4.78 is 4.38. The lowest BCUT2D eigenvalue weighted by Crippen LogP contribution is -2.06. The van der Waals surface area contributed by atoms with Crippen LogP contribution in [0.15, 0.2) is 168 Å². The molecule has 0 saturated carbocycles. The Morgan fingerprint density at radius 2 is 0.703 bits per heavy atom. The molecule has 0 N–H and O–H groups in total. The SMILES string of the molecule is CCn1c2ccc(C(=O)c3cccc(C(=O)c4ccc5c(c4)c4cc(/C(C)=N/OC(=O)c6ccccc6)ccc4n5CC)c3)cc2c2cc(/C(C)=N/OC(=O)c3ccccc3)ccc21. The third kappa shape index (κ3) is 7.66. The first-order valence-corrected chi connectivity index (χ1v) is 21.1. The van der Waals surface area contributed by atoms with Gasteiger partial charge < -0.3 is 18.8 Å². The van der Waals surface area contributed by atoms with Crippen LogP contribution in [-0.2, 0) is 22.8 Å². The lowest BCUT2D eigenvalue weighted by atomic mass is 9.96. The summed E-state index contributed by atoms with van der Waals surface area (Å²) >= 11 is 0. The van der Waals surface area contributed by atoms with Gasteiger partial charge in [0.15, 0.2) is 11.6 Å². The quantitative estimate of drug-likeness (QED) is 0.0522. The summed E-state index contributed by atoms with van der Waals surface area (Å²) in [5, 5.41) is 11.9. The van der Waals surface area contributed by atoms with Crippen LogP contribution in [0.5, 0.6) is 0 Å². The maximum absolute atomic E-state index is 14.2. The highest BCUT2D eigenvalue weighted by atomic mass is 16.7. The zero-order chi connectivity index (χ0) is 44.5. The molecule has 0 spiro atoms. The zero-order valence-electron chi connectivity index (χ0n) is 35.7. The van der Waals surface area contributed by atoms with E-state index in [-0.39, 0.29) is 11.6 Å². The van der Waals surface area contributed by atoms with E-state index in [9.17, 15) is 19.2 Å². The topological polar surface area (TPSA) is 121 Å². The molecule has 0 saturated heterocycles. The molecule has 0 amide bonds. The highest BCUT2D eigenvalue weighted by molar-refractivity contribution is 6.19. The Kier molecular flexibility index (Phi) is 11.1. The number of rotatable bonds is 12.